The van der Waals surface area contributed by atoms with Gasteiger partial charge in [-0.15, -0.1) is 0 Å². The van der Waals surface area contributed by atoms with Gasteiger partial charge in [-0.3, -0.25) is 4.90 Å². The van der Waals surface area contributed by atoms with Crippen LogP contribution >= 0.6 is 11.6 Å². The molecule has 2 amide bonds. The molecule has 0 bridgehead atoms. The number of morpholine rings is 1. The maximum Gasteiger partial charge on any atom is 0.316 e. The van der Waals surface area contributed by atoms with Gasteiger partial charge in [-0.1, -0.05) is 23.7 Å². The average molecular weight is 436 g/mol. The molecule has 1 aliphatic heterocycles. The van der Waals surface area contributed by atoms with Gasteiger partial charge in [0.15, 0.2) is 0 Å². The first-order valence-electron chi connectivity index (χ1n) is 9.99. The van der Waals surface area contributed by atoms with E-state index in [0.717, 1.165) is 31.5 Å². The first kappa shape index (κ1) is 22.3. The number of nitrogens with two attached hydrogens (primary N) is 1. The average Bonchev–Trinajstić information content (AvgIpc) is 2.70. The Morgan fingerprint density at radius 3 is 2.83 bits per heavy atom. The van der Waals surface area contributed by atoms with E-state index in [-0.39, 0.29) is 11.9 Å². The number of anilines is 1. The van der Waals surface area contributed by atoms with Crippen molar-refractivity contribution in [1.82, 2.24) is 4.90 Å². The normalized spacial score (nSPS) is 19.4. The minimum Gasteiger partial charge on any atom is -0.491 e. The summed E-state index contributed by atoms with van der Waals surface area (Å²) in [4.78, 5) is 13.5. The number of carbonyl (C=O) groups excluding carboxylic acids is 1. The van der Waals surface area contributed by atoms with Gasteiger partial charge in [0.2, 0.25) is 0 Å². The predicted molar refractivity (Wildman–Crippen MR) is 116 cm³/mol. The second-order valence-electron chi connectivity index (χ2n) is 7.46. The first-order chi connectivity index (χ1) is 14.4. The summed E-state index contributed by atoms with van der Waals surface area (Å²) in [5.74, 6) is 0.302. The quantitative estimate of drug-likeness (QED) is 0.613. The zero-order valence-corrected chi connectivity index (χ0v) is 17.7. The summed E-state index contributed by atoms with van der Waals surface area (Å²) in [6.07, 6.45) is 1.65. The van der Waals surface area contributed by atoms with Gasteiger partial charge in [0.1, 0.15) is 11.6 Å². The number of carbonyl (C=O) groups is 1. The predicted octanol–water partition coefficient (Wildman–Crippen LogP) is 4.07. The van der Waals surface area contributed by atoms with E-state index in [1.165, 1.54) is 12.1 Å². The van der Waals surface area contributed by atoms with E-state index in [9.17, 15) is 9.18 Å². The summed E-state index contributed by atoms with van der Waals surface area (Å²) in [6, 6.07) is 11.2. The standard InChI is InChI=1S/C22H27ClFN3O3/c1-15-14-30-19(11-16-3-6-18(24)7-4-16)13-27(15)9-2-10-29-21-8-5-17(23)12-20(21)26-22(25)28/h3-8,12,15,19H,2,9-11,13-14H2,1H3,(H3,25,26,28)/t15-,19?/m0/s1. The fourth-order valence-corrected chi connectivity index (χ4v) is 3.67. The Hall–Kier alpha value is -2.35. The van der Waals surface area contributed by atoms with Gasteiger partial charge in [0.05, 0.1) is 25.0 Å². The lowest BCUT2D eigenvalue weighted by Crippen LogP contribution is -2.49. The molecule has 1 aliphatic rings. The van der Waals surface area contributed by atoms with E-state index >= 15 is 0 Å². The molecule has 162 valence electrons. The highest BCUT2D eigenvalue weighted by Crippen LogP contribution is 2.28. The number of ether oxygens (including phenoxy) is 2. The van der Waals surface area contributed by atoms with Crippen molar-refractivity contribution in [3.63, 3.8) is 0 Å². The molecule has 8 heteroatoms. The third kappa shape index (κ3) is 6.58. The first-order valence-corrected chi connectivity index (χ1v) is 10.4. The third-order valence-electron chi connectivity index (χ3n) is 5.06. The molecule has 1 heterocycles. The Balaban J connectivity index is 1.48. The molecule has 0 spiro atoms. The van der Waals surface area contributed by atoms with Crippen LogP contribution in [0.4, 0.5) is 14.9 Å². The van der Waals surface area contributed by atoms with E-state index in [2.05, 4.69) is 17.1 Å². The number of nitrogens with zero attached hydrogens (tertiary/aromatic N) is 1. The third-order valence-corrected chi connectivity index (χ3v) is 5.29. The molecule has 2 atom stereocenters. The van der Waals surface area contributed by atoms with Gasteiger partial charge in [0, 0.05) is 24.2 Å². The van der Waals surface area contributed by atoms with E-state index in [4.69, 9.17) is 26.8 Å². The summed E-state index contributed by atoms with van der Waals surface area (Å²) in [7, 11) is 0. The molecule has 2 aromatic rings. The highest BCUT2D eigenvalue weighted by molar-refractivity contribution is 6.31. The van der Waals surface area contributed by atoms with E-state index in [1.807, 2.05) is 0 Å². The maximum absolute atomic E-state index is 13.1. The molecular weight excluding hydrogens is 409 g/mol. The highest BCUT2D eigenvalue weighted by atomic mass is 35.5. The van der Waals surface area contributed by atoms with Crippen molar-refractivity contribution in [2.75, 3.05) is 31.6 Å². The van der Waals surface area contributed by atoms with Crippen LogP contribution in [0.1, 0.15) is 18.9 Å². The smallest absolute Gasteiger partial charge is 0.316 e. The fourth-order valence-electron chi connectivity index (χ4n) is 3.50. The second-order valence-corrected chi connectivity index (χ2v) is 7.90. The molecule has 1 saturated heterocycles. The van der Waals surface area contributed by atoms with Crippen molar-refractivity contribution >= 4 is 23.3 Å². The zero-order valence-electron chi connectivity index (χ0n) is 16.9. The second kappa shape index (κ2) is 10.6. The largest absolute Gasteiger partial charge is 0.491 e. The molecule has 0 saturated carbocycles. The SMILES string of the molecule is C[C@H]1COC(Cc2ccc(F)cc2)CN1CCCOc1ccc(Cl)cc1NC(N)=O. The monoisotopic (exact) mass is 435 g/mol. The molecule has 1 fully saturated rings. The van der Waals surface area contributed by atoms with Crippen LogP contribution in [-0.4, -0.2) is 49.4 Å². The fraction of sp³-hybridized carbons (Fsp3) is 0.409. The van der Waals surface area contributed by atoms with Crippen molar-refractivity contribution in [2.45, 2.75) is 31.9 Å². The molecule has 6 nitrogen and oxygen atoms in total. The van der Waals surface area contributed by atoms with Crippen LogP contribution in [0.15, 0.2) is 42.5 Å². The van der Waals surface area contributed by atoms with Crippen LogP contribution in [-0.2, 0) is 11.2 Å². The van der Waals surface area contributed by atoms with E-state index in [0.29, 0.717) is 35.7 Å². The molecule has 3 N–H and O–H groups in total. The topological polar surface area (TPSA) is 76.8 Å². The van der Waals surface area contributed by atoms with Gasteiger partial charge >= 0.3 is 6.03 Å². The van der Waals surface area contributed by atoms with Crippen LogP contribution < -0.4 is 15.8 Å². The van der Waals surface area contributed by atoms with Crippen LogP contribution in [0.25, 0.3) is 0 Å². The van der Waals surface area contributed by atoms with Gasteiger partial charge in [-0.2, -0.15) is 0 Å². The lowest BCUT2D eigenvalue weighted by Gasteiger charge is -2.38. The molecule has 0 aliphatic carbocycles. The maximum atomic E-state index is 13.1. The summed E-state index contributed by atoms with van der Waals surface area (Å²) < 4.78 is 24.9. The lowest BCUT2D eigenvalue weighted by molar-refractivity contribution is -0.0583. The number of primary amides is 1. The molecule has 0 radical (unpaired) electrons. The molecule has 3 rings (SSSR count). The van der Waals surface area contributed by atoms with Gasteiger partial charge < -0.3 is 20.5 Å². The van der Waals surface area contributed by atoms with Gasteiger partial charge in [-0.25, -0.2) is 9.18 Å². The lowest BCUT2D eigenvalue weighted by atomic mass is 10.1. The molecule has 2 aromatic carbocycles. The Bertz CT molecular complexity index is 850. The van der Waals surface area contributed by atoms with Crippen molar-refractivity contribution in [2.24, 2.45) is 5.73 Å². The molecule has 0 aromatic heterocycles. The van der Waals surface area contributed by atoms with Crippen LogP contribution in [0, 0.1) is 5.82 Å². The van der Waals surface area contributed by atoms with Crippen LogP contribution in [0.2, 0.25) is 5.02 Å². The molecule has 1 unspecified atom stereocenters. The number of urea groups is 1. The zero-order chi connectivity index (χ0) is 21.5. The van der Waals surface area contributed by atoms with Crippen LogP contribution in [0.3, 0.4) is 0 Å². The van der Waals surface area contributed by atoms with Crippen molar-refractivity contribution in [3.8, 4) is 5.75 Å². The summed E-state index contributed by atoms with van der Waals surface area (Å²) in [5, 5.41) is 3.01. The number of hydrogen-bond acceptors (Lipinski definition) is 4. The Labute approximate surface area is 181 Å². The number of halogens is 2. The molecular formula is C22H27ClFN3O3. The van der Waals surface area contributed by atoms with Crippen molar-refractivity contribution < 1.29 is 18.7 Å². The number of rotatable bonds is 8. The number of nitrogens with one attached hydrogen (secondary N) is 1. The molecule has 30 heavy (non-hydrogen) atoms. The Morgan fingerprint density at radius 1 is 1.33 bits per heavy atom. The number of amides is 2. The van der Waals surface area contributed by atoms with Crippen molar-refractivity contribution in [3.05, 3.63) is 58.9 Å². The van der Waals surface area contributed by atoms with Gasteiger partial charge in [-0.05, 0) is 55.7 Å². The van der Waals surface area contributed by atoms with Crippen LogP contribution in [0.5, 0.6) is 5.75 Å². The Kier molecular flexibility index (Phi) is 7.90. The highest BCUT2D eigenvalue weighted by Gasteiger charge is 2.25. The summed E-state index contributed by atoms with van der Waals surface area (Å²) >= 11 is 5.97. The minimum atomic E-state index is -0.670. The van der Waals surface area contributed by atoms with E-state index < -0.39 is 6.03 Å². The van der Waals surface area contributed by atoms with Crippen molar-refractivity contribution in [1.29, 1.82) is 0 Å². The summed E-state index contributed by atoms with van der Waals surface area (Å²) in [6.45, 7) is 4.96. The number of benzene rings is 2. The number of hydrogen-bond donors (Lipinski definition) is 2. The Morgan fingerprint density at radius 2 is 2.10 bits per heavy atom. The van der Waals surface area contributed by atoms with E-state index in [1.54, 1.807) is 30.3 Å². The summed E-state index contributed by atoms with van der Waals surface area (Å²) in [5.41, 5.74) is 6.72. The minimum absolute atomic E-state index is 0.0789. The van der Waals surface area contributed by atoms with Gasteiger partial charge in [0.25, 0.3) is 0 Å².